The topological polar surface area (TPSA) is 130 Å². The SMILES string of the molecule is COC(=O)c1cc(NC(=O)CN2C(=O)S/C(=C\c3ccc(C(=O)O)cc3)C2=O)ccc1Cl. The second-order valence-corrected chi connectivity index (χ2v) is 7.83. The molecule has 1 saturated heterocycles. The molecule has 0 atom stereocenters. The van der Waals surface area contributed by atoms with Gasteiger partial charge in [-0.3, -0.25) is 19.3 Å². The van der Waals surface area contributed by atoms with Crippen LogP contribution in [0.25, 0.3) is 6.08 Å². The molecule has 1 aliphatic heterocycles. The highest BCUT2D eigenvalue weighted by Crippen LogP contribution is 2.32. The van der Waals surface area contributed by atoms with Crippen LogP contribution in [0.4, 0.5) is 10.5 Å². The molecular formula is C21H15ClN2O7S. The van der Waals surface area contributed by atoms with Gasteiger partial charge in [-0.05, 0) is 53.7 Å². The Morgan fingerprint density at radius 2 is 1.84 bits per heavy atom. The number of thioether (sulfide) groups is 1. The predicted molar refractivity (Wildman–Crippen MR) is 117 cm³/mol. The molecule has 11 heteroatoms. The van der Waals surface area contributed by atoms with Crippen LogP contribution in [0, 0.1) is 0 Å². The number of ether oxygens (including phenoxy) is 1. The van der Waals surface area contributed by atoms with Crippen LogP contribution < -0.4 is 5.32 Å². The molecule has 1 heterocycles. The normalized spacial score (nSPS) is 14.6. The summed E-state index contributed by atoms with van der Waals surface area (Å²) in [5.74, 6) is -3.07. The molecule has 3 amide bonds. The molecule has 0 aliphatic carbocycles. The summed E-state index contributed by atoms with van der Waals surface area (Å²) in [5.41, 5.74) is 0.904. The van der Waals surface area contributed by atoms with Gasteiger partial charge in [0.1, 0.15) is 6.54 Å². The van der Waals surface area contributed by atoms with Crippen molar-refractivity contribution in [2.45, 2.75) is 0 Å². The number of nitrogens with zero attached hydrogens (tertiary/aromatic N) is 1. The van der Waals surface area contributed by atoms with Gasteiger partial charge in [-0.25, -0.2) is 9.59 Å². The van der Waals surface area contributed by atoms with Crippen LogP contribution in [0.5, 0.6) is 0 Å². The van der Waals surface area contributed by atoms with Crippen molar-refractivity contribution in [2.24, 2.45) is 0 Å². The molecule has 3 rings (SSSR count). The van der Waals surface area contributed by atoms with Crippen molar-refractivity contribution < 1.29 is 33.8 Å². The van der Waals surface area contributed by atoms with Crippen molar-refractivity contribution in [1.82, 2.24) is 4.90 Å². The molecule has 2 aromatic carbocycles. The number of carbonyl (C=O) groups excluding carboxylic acids is 4. The zero-order chi connectivity index (χ0) is 23.4. The lowest BCUT2D eigenvalue weighted by Gasteiger charge is -2.13. The Morgan fingerprint density at radius 1 is 1.16 bits per heavy atom. The van der Waals surface area contributed by atoms with Crippen LogP contribution in [0.2, 0.25) is 5.02 Å². The van der Waals surface area contributed by atoms with Crippen LogP contribution in [0.1, 0.15) is 26.3 Å². The standard InChI is InChI=1S/C21H15ClN2O7S/c1-31-20(29)14-9-13(6-7-15(14)22)23-17(25)10-24-18(26)16(32-21(24)30)8-11-2-4-12(5-3-11)19(27)28/h2-9H,10H2,1H3,(H,23,25)(H,27,28)/b16-8-. The molecule has 0 aromatic heterocycles. The number of esters is 1. The summed E-state index contributed by atoms with van der Waals surface area (Å²) in [6, 6.07) is 9.94. The molecule has 2 N–H and O–H groups in total. The number of rotatable bonds is 6. The van der Waals surface area contributed by atoms with Crippen LogP contribution in [0.15, 0.2) is 47.4 Å². The molecule has 0 unspecified atom stereocenters. The summed E-state index contributed by atoms with van der Waals surface area (Å²) < 4.78 is 4.62. The third kappa shape index (κ3) is 5.16. The lowest BCUT2D eigenvalue weighted by molar-refractivity contribution is -0.127. The fourth-order valence-electron chi connectivity index (χ4n) is 2.72. The second kappa shape index (κ2) is 9.67. The van der Waals surface area contributed by atoms with Gasteiger partial charge in [0.15, 0.2) is 0 Å². The number of imide groups is 1. The number of hydrogen-bond acceptors (Lipinski definition) is 7. The lowest BCUT2D eigenvalue weighted by atomic mass is 10.1. The fraction of sp³-hybridized carbons (Fsp3) is 0.0952. The first-order valence-electron chi connectivity index (χ1n) is 8.96. The monoisotopic (exact) mass is 474 g/mol. The van der Waals surface area contributed by atoms with Crippen LogP contribution >= 0.6 is 23.4 Å². The number of carboxylic acid groups (broad SMARTS) is 1. The van der Waals surface area contributed by atoms with Crippen LogP contribution in [-0.4, -0.2) is 52.7 Å². The molecule has 0 saturated carbocycles. The van der Waals surface area contributed by atoms with Gasteiger partial charge >= 0.3 is 11.9 Å². The van der Waals surface area contributed by atoms with Crippen molar-refractivity contribution in [3.05, 3.63) is 69.1 Å². The van der Waals surface area contributed by atoms with Crippen molar-refractivity contribution in [2.75, 3.05) is 19.0 Å². The van der Waals surface area contributed by atoms with Gasteiger partial charge in [0.05, 0.1) is 28.2 Å². The first-order chi connectivity index (χ1) is 15.2. The van der Waals surface area contributed by atoms with Crippen LogP contribution in [-0.2, 0) is 14.3 Å². The van der Waals surface area contributed by atoms with E-state index < -0.39 is 35.5 Å². The van der Waals surface area contributed by atoms with E-state index in [0.717, 1.165) is 4.90 Å². The summed E-state index contributed by atoms with van der Waals surface area (Å²) in [7, 11) is 1.19. The number of halogens is 1. The number of carbonyl (C=O) groups is 5. The summed E-state index contributed by atoms with van der Waals surface area (Å²) in [5, 5.41) is 11.0. The molecule has 164 valence electrons. The maximum Gasteiger partial charge on any atom is 0.339 e. The number of anilines is 1. The molecule has 32 heavy (non-hydrogen) atoms. The third-order valence-electron chi connectivity index (χ3n) is 4.29. The predicted octanol–water partition coefficient (Wildman–Crippen LogP) is 3.50. The Morgan fingerprint density at radius 3 is 2.47 bits per heavy atom. The number of benzene rings is 2. The van der Waals surface area contributed by atoms with Gasteiger partial charge in [-0.15, -0.1) is 0 Å². The smallest absolute Gasteiger partial charge is 0.339 e. The molecule has 0 spiro atoms. The van der Waals surface area contributed by atoms with Crippen molar-refractivity contribution in [3.63, 3.8) is 0 Å². The number of hydrogen-bond donors (Lipinski definition) is 2. The summed E-state index contributed by atoms with van der Waals surface area (Å²) in [6.07, 6.45) is 1.44. The Bertz CT molecular complexity index is 1160. The van der Waals surface area contributed by atoms with E-state index in [0.29, 0.717) is 17.3 Å². The minimum atomic E-state index is -1.08. The quantitative estimate of drug-likeness (QED) is 0.480. The second-order valence-electron chi connectivity index (χ2n) is 6.43. The van der Waals surface area contributed by atoms with E-state index in [1.54, 1.807) is 0 Å². The summed E-state index contributed by atoms with van der Waals surface area (Å²) in [4.78, 5) is 60.7. The Hall–Kier alpha value is -3.63. The minimum Gasteiger partial charge on any atom is -0.478 e. The van der Waals surface area contributed by atoms with E-state index in [2.05, 4.69) is 10.1 Å². The van der Waals surface area contributed by atoms with Gasteiger partial charge in [-0.1, -0.05) is 23.7 Å². The van der Waals surface area contributed by atoms with Gasteiger partial charge in [0, 0.05) is 5.69 Å². The highest BCUT2D eigenvalue weighted by Gasteiger charge is 2.36. The van der Waals surface area contributed by atoms with E-state index >= 15 is 0 Å². The number of nitrogens with one attached hydrogen (secondary N) is 1. The first kappa shape index (κ1) is 23.0. The lowest BCUT2D eigenvalue weighted by Crippen LogP contribution is -2.36. The molecule has 2 aromatic rings. The molecule has 9 nitrogen and oxygen atoms in total. The van der Waals surface area contributed by atoms with Crippen molar-refractivity contribution in [3.8, 4) is 0 Å². The number of methoxy groups -OCH3 is 1. The maximum atomic E-state index is 12.6. The summed E-state index contributed by atoms with van der Waals surface area (Å²) in [6.45, 7) is -0.532. The Kier molecular flexibility index (Phi) is 6.96. The summed E-state index contributed by atoms with van der Waals surface area (Å²) >= 11 is 6.61. The minimum absolute atomic E-state index is 0.0509. The van der Waals surface area contributed by atoms with Gasteiger partial charge in [0.25, 0.3) is 11.1 Å². The largest absolute Gasteiger partial charge is 0.478 e. The number of amides is 3. The maximum absolute atomic E-state index is 12.6. The molecule has 1 fully saturated rings. The highest BCUT2D eigenvalue weighted by molar-refractivity contribution is 8.18. The first-order valence-corrected chi connectivity index (χ1v) is 10.2. The van der Waals surface area contributed by atoms with E-state index in [1.165, 1.54) is 55.7 Å². The average Bonchev–Trinajstić information content (AvgIpc) is 3.02. The van der Waals surface area contributed by atoms with Gasteiger partial charge in [-0.2, -0.15) is 0 Å². The molecule has 0 bridgehead atoms. The Labute approximate surface area is 191 Å². The van der Waals surface area contributed by atoms with Gasteiger partial charge < -0.3 is 15.2 Å². The average molecular weight is 475 g/mol. The highest BCUT2D eigenvalue weighted by atomic mass is 35.5. The zero-order valence-electron chi connectivity index (χ0n) is 16.5. The van der Waals surface area contributed by atoms with Crippen LogP contribution in [0.3, 0.4) is 0 Å². The van der Waals surface area contributed by atoms with Gasteiger partial charge in [0.2, 0.25) is 5.91 Å². The van der Waals surface area contributed by atoms with E-state index in [1.807, 2.05) is 0 Å². The molecule has 0 radical (unpaired) electrons. The van der Waals surface area contributed by atoms with E-state index in [9.17, 15) is 24.0 Å². The van der Waals surface area contributed by atoms with E-state index in [4.69, 9.17) is 16.7 Å². The molecule has 1 aliphatic rings. The number of aromatic carboxylic acids is 1. The third-order valence-corrected chi connectivity index (χ3v) is 5.52. The number of carboxylic acids is 1. The fourth-order valence-corrected chi connectivity index (χ4v) is 3.76. The molecular weight excluding hydrogens is 460 g/mol. The Balaban J connectivity index is 1.69. The van der Waals surface area contributed by atoms with E-state index in [-0.39, 0.29) is 26.7 Å². The zero-order valence-corrected chi connectivity index (χ0v) is 18.0. The van der Waals surface area contributed by atoms with Crippen molar-refractivity contribution in [1.29, 1.82) is 0 Å². The van der Waals surface area contributed by atoms with Crippen molar-refractivity contribution >= 4 is 64.1 Å².